The Hall–Kier alpha value is -4.80. The number of carbonyl (C=O) groups excluding carboxylic acids is 2. The van der Waals surface area contributed by atoms with Crippen LogP contribution in [0, 0.1) is 0 Å². The van der Waals surface area contributed by atoms with Crippen molar-refractivity contribution < 1.29 is 38.2 Å². The predicted molar refractivity (Wildman–Crippen MR) is 158 cm³/mol. The van der Waals surface area contributed by atoms with Crippen LogP contribution < -0.4 is 10.1 Å². The van der Waals surface area contributed by atoms with Crippen molar-refractivity contribution in [2.75, 3.05) is 13.7 Å². The van der Waals surface area contributed by atoms with Gasteiger partial charge in [-0.2, -0.15) is 0 Å². The van der Waals surface area contributed by atoms with Crippen LogP contribution in [0.2, 0.25) is 0 Å². The van der Waals surface area contributed by atoms with Crippen LogP contribution in [-0.2, 0) is 14.3 Å². The molecule has 0 saturated carbocycles. The topological polar surface area (TPSA) is 140 Å². The van der Waals surface area contributed by atoms with E-state index in [9.17, 15) is 19.5 Å². The Kier molecular flexibility index (Phi) is 10.1. The highest BCUT2D eigenvalue weighted by atomic mass is 16.6. The summed E-state index contributed by atoms with van der Waals surface area (Å²) in [6, 6.07) is 7.82. The maximum absolute atomic E-state index is 13.4. The van der Waals surface area contributed by atoms with Crippen molar-refractivity contribution in [3.63, 3.8) is 0 Å². The maximum atomic E-state index is 13.4. The van der Waals surface area contributed by atoms with Gasteiger partial charge in [-0.1, -0.05) is 30.3 Å². The van der Waals surface area contributed by atoms with Crippen LogP contribution in [0.5, 0.6) is 5.75 Å². The summed E-state index contributed by atoms with van der Waals surface area (Å²) >= 11 is 0. The average molecular weight is 592 g/mol. The number of rotatable bonds is 11. The van der Waals surface area contributed by atoms with E-state index in [1.54, 1.807) is 49.6 Å². The summed E-state index contributed by atoms with van der Waals surface area (Å²) in [5.74, 6) is 0.448. The molecule has 2 aliphatic carbocycles. The van der Waals surface area contributed by atoms with Crippen molar-refractivity contribution in [3.05, 3.63) is 83.5 Å². The fourth-order valence-electron chi connectivity index (χ4n) is 4.42. The molecule has 3 amide bonds. The van der Waals surface area contributed by atoms with E-state index < -0.39 is 29.8 Å². The Morgan fingerprint density at radius 2 is 1.91 bits per heavy atom. The van der Waals surface area contributed by atoms with Crippen LogP contribution in [-0.4, -0.2) is 52.5 Å². The van der Waals surface area contributed by atoms with Gasteiger partial charge in [-0.25, -0.2) is 19.3 Å². The summed E-state index contributed by atoms with van der Waals surface area (Å²) in [4.78, 5) is 39.2. The van der Waals surface area contributed by atoms with Crippen molar-refractivity contribution in [1.29, 1.82) is 0 Å². The van der Waals surface area contributed by atoms with Crippen LogP contribution in [0.25, 0.3) is 11.3 Å². The van der Waals surface area contributed by atoms with E-state index >= 15 is 0 Å². The molecule has 0 saturated heterocycles. The first-order chi connectivity index (χ1) is 20.6. The molecule has 2 aromatic rings. The Bertz CT molecular complexity index is 1450. The molecule has 228 valence electrons. The molecule has 0 fully saturated rings. The van der Waals surface area contributed by atoms with Crippen molar-refractivity contribution in [1.82, 2.24) is 15.4 Å². The molecule has 1 heterocycles. The summed E-state index contributed by atoms with van der Waals surface area (Å²) in [5.41, 5.74) is 1.32. The maximum Gasteiger partial charge on any atom is 0.419 e. The van der Waals surface area contributed by atoms with Gasteiger partial charge in [0.1, 0.15) is 11.4 Å². The summed E-state index contributed by atoms with van der Waals surface area (Å²) in [6.45, 7) is 4.82. The van der Waals surface area contributed by atoms with Crippen LogP contribution >= 0.6 is 0 Å². The quantitative estimate of drug-likeness (QED) is 0.293. The lowest BCUT2D eigenvalue weighted by Crippen LogP contribution is -2.45. The number of nitrogens with zero attached hydrogens (tertiary/aromatic N) is 2. The molecule has 0 spiro atoms. The number of allylic oxidation sites excluding steroid dienone is 6. The van der Waals surface area contributed by atoms with E-state index in [1.807, 2.05) is 25.2 Å². The van der Waals surface area contributed by atoms with Crippen LogP contribution in [0.15, 0.2) is 82.3 Å². The lowest BCUT2D eigenvalue weighted by atomic mass is 10.1. The molecule has 0 radical (unpaired) electrons. The molecular formula is C32H37N3O8. The van der Waals surface area contributed by atoms with Gasteiger partial charge in [-0.3, -0.25) is 0 Å². The number of benzene rings is 1. The Morgan fingerprint density at radius 1 is 1.14 bits per heavy atom. The SMILES string of the molecule is CCC(OC(=O)N(CC1=CCCC=C1)C(=O)NC1=CC=C(OC)CC1)c1cc(-c2ccc(OC(C)(C)C(=O)O)cc2)no1. The molecular weight excluding hydrogens is 554 g/mol. The molecule has 2 aliphatic rings. The number of carbonyl (C=O) groups is 3. The van der Waals surface area contributed by atoms with Gasteiger partial charge in [0.05, 0.1) is 19.4 Å². The molecule has 0 aliphatic heterocycles. The highest BCUT2D eigenvalue weighted by molar-refractivity contribution is 5.92. The molecule has 1 aromatic carbocycles. The molecule has 1 unspecified atom stereocenters. The zero-order chi connectivity index (χ0) is 31.0. The lowest BCUT2D eigenvalue weighted by Gasteiger charge is -2.25. The van der Waals surface area contributed by atoms with Crippen molar-refractivity contribution in [2.24, 2.45) is 0 Å². The number of imide groups is 1. The summed E-state index contributed by atoms with van der Waals surface area (Å²) in [7, 11) is 1.60. The number of methoxy groups -OCH3 is 1. The smallest absolute Gasteiger partial charge is 0.419 e. The highest BCUT2D eigenvalue weighted by Gasteiger charge is 2.30. The lowest BCUT2D eigenvalue weighted by molar-refractivity contribution is -0.152. The predicted octanol–water partition coefficient (Wildman–Crippen LogP) is 6.67. The molecule has 2 N–H and O–H groups in total. The minimum absolute atomic E-state index is 0.0544. The number of urea groups is 1. The molecule has 11 nitrogen and oxygen atoms in total. The zero-order valence-electron chi connectivity index (χ0n) is 24.8. The Morgan fingerprint density at radius 3 is 2.51 bits per heavy atom. The standard InChI is InChI=1S/C32H37N3O8/c1-5-27(28-19-26(34-43-28)22-11-15-25(16-12-22)42-32(2,3)29(36)37)41-31(39)35(20-21-9-7-6-8-10-21)30(38)33-23-13-17-24(40-4)18-14-23/h7,9-13,15-17,19,27H,5-6,8,14,18,20H2,1-4H3,(H,33,38)(H,36,37). The summed E-state index contributed by atoms with van der Waals surface area (Å²) < 4.78 is 22.1. The minimum Gasteiger partial charge on any atom is -0.501 e. The fourth-order valence-corrected chi connectivity index (χ4v) is 4.42. The van der Waals surface area contributed by atoms with E-state index in [1.165, 1.54) is 13.8 Å². The summed E-state index contributed by atoms with van der Waals surface area (Å²) in [6.07, 6.45) is 11.2. The van der Waals surface area contributed by atoms with E-state index in [2.05, 4.69) is 10.5 Å². The van der Waals surface area contributed by atoms with Crippen molar-refractivity contribution in [3.8, 4) is 17.0 Å². The third-order valence-corrected chi connectivity index (χ3v) is 7.02. The normalized spacial score (nSPS) is 15.4. The first-order valence-corrected chi connectivity index (χ1v) is 14.2. The molecule has 43 heavy (non-hydrogen) atoms. The second kappa shape index (κ2) is 13.9. The Balaban J connectivity index is 1.47. The molecule has 1 atom stereocenters. The van der Waals surface area contributed by atoms with E-state index in [4.69, 9.17) is 18.7 Å². The number of aromatic nitrogens is 1. The second-order valence-electron chi connectivity index (χ2n) is 10.6. The number of amides is 3. The molecule has 1 aromatic heterocycles. The number of hydrogen-bond acceptors (Lipinski definition) is 8. The monoisotopic (exact) mass is 591 g/mol. The number of carboxylic acids is 1. The zero-order valence-corrected chi connectivity index (χ0v) is 24.8. The first kappa shape index (κ1) is 31.1. The van der Waals surface area contributed by atoms with Crippen LogP contribution in [0.4, 0.5) is 9.59 Å². The number of hydrogen-bond donors (Lipinski definition) is 2. The molecule has 4 rings (SSSR count). The number of ether oxygens (including phenoxy) is 3. The van der Waals surface area contributed by atoms with Gasteiger partial charge in [0.25, 0.3) is 0 Å². The van der Waals surface area contributed by atoms with Gasteiger partial charge >= 0.3 is 18.1 Å². The van der Waals surface area contributed by atoms with E-state index in [-0.39, 0.29) is 6.54 Å². The van der Waals surface area contributed by atoms with Crippen LogP contribution in [0.1, 0.15) is 64.7 Å². The van der Waals surface area contributed by atoms with Gasteiger partial charge in [0, 0.05) is 23.7 Å². The minimum atomic E-state index is -1.38. The second-order valence-corrected chi connectivity index (χ2v) is 10.6. The van der Waals surface area contributed by atoms with Gasteiger partial charge in [-0.15, -0.1) is 0 Å². The van der Waals surface area contributed by atoms with Crippen molar-refractivity contribution >= 4 is 18.1 Å². The largest absolute Gasteiger partial charge is 0.501 e. The van der Waals surface area contributed by atoms with Gasteiger partial charge in [0.15, 0.2) is 17.5 Å². The van der Waals surface area contributed by atoms with Gasteiger partial charge < -0.3 is 29.2 Å². The number of nitrogens with one attached hydrogen (secondary N) is 1. The van der Waals surface area contributed by atoms with Crippen molar-refractivity contribution in [2.45, 2.75) is 64.6 Å². The third kappa shape index (κ3) is 8.15. The van der Waals surface area contributed by atoms with Gasteiger partial charge in [0.2, 0.25) is 0 Å². The molecule has 0 bridgehead atoms. The third-order valence-electron chi connectivity index (χ3n) is 7.02. The van der Waals surface area contributed by atoms with Gasteiger partial charge in [-0.05, 0) is 81.5 Å². The highest BCUT2D eigenvalue weighted by Crippen LogP contribution is 2.29. The number of carboxylic acid groups (broad SMARTS) is 1. The molecule has 11 heteroatoms. The van der Waals surface area contributed by atoms with E-state index in [0.717, 1.165) is 29.1 Å². The number of aliphatic carboxylic acids is 1. The summed E-state index contributed by atoms with van der Waals surface area (Å²) in [5, 5.41) is 16.2. The van der Waals surface area contributed by atoms with E-state index in [0.29, 0.717) is 47.7 Å². The average Bonchev–Trinajstić information content (AvgIpc) is 3.49. The fraction of sp³-hybridized carbons (Fsp3) is 0.375. The first-order valence-electron chi connectivity index (χ1n) is 14.2. The Labute approximate surface area is 250 Å². The van der Waals surface area contributed by atoms with Crippen LogP contribution in [0.3, 0.4) is 0 Å².